The van der Waals surface area contributed by atoms with Crippen molar-refractivity contribution in [2.45, 2.75) is 63.4 Å². The largest absolute Gasteiger partial charge is 0.465 e. The van der Waals surface area contributed by atoms with Gasteiger partial charge >= 0.3 is 5.97 Å². The number of aromatic nitrogens is 2. The molecule has 0 radical (unpaired) electrons. The van der Waals surface area contributed by atoms with Gasteiger partial charge < -0.3 is 14.0 Å². The molecule has 116 valence electrons. The minimum absolute atomic E-state index is 0.249. The molecular weight excluding hydrogens is 272 g/mol. The second-order valence-corrected chi connectivity index (χ2v) is 6.12. The molecule has 2 aliphatic rings. The van der Waals surface area contributed by atoms with E-state index in [2.05, 4.69) is 10.1 Å². The third-order valence-electron chi connectivity index (χ3n) is 4.65. The van der Waals surface area contributed by atoms with Crippen LogP contribution in [-0.2, 0) is 25.3 Å². The SMILES string of the molecule is CCOC(=O)C1(c2nc(C3(C)CCCCO3)no2)CCC1. The van der Waals surface area contributed by atoms with E-state index in [-0.39, 0.29) is 5.97 Å². The molecule has 2 heterocycles. The monoisotopic (exact) mass is 294 g/mol. The fourth-order valence-electron chi connectivity index (χ4n) is 3.05. The van der Waals surface area contributed by atoms with Gasteiger partial charge in [-0.15, -0.1) is 0 Å². The fourth-order valence-corrected chi connectivity index (χ4v) is 3.05. The van der Waals surface area contributed by atoms with Crippen LogP contribution in [0.1, 0.15) is 64.1 Å². The highest BCUT2D eigenvalue weighted by molar-refractivity contribution is 5.83. The second kappa shape index (κ2) is 5.40. The lowest BCUT2D eigenvalue weighted by Crippen LogP contribution is -2.44. The first-order valence-corrected chi connectivity index (χ1v) is 7.77. The number of nitrogens with zero attached hydrogens (tertiary/aromatic N) is 2. The molecule has 1 aliphatic carbocycles. The first-order valence-electron chi connectivity index (χ1n) is 7.77. The van der Waals surface area contributed by atoms with E-state index in [1.807, 2.05) is 6.92 Å². The van der Waals surface area contributed by atoms with Crippen LogP contribution in [0.2, 0.25) is 0 Å². The zero-order chi connectivity index (χ0) is 14.9. The Kier molecular flexibility index (Phi) is 3.73. The van der Waals surface area contributed by atoms with E-state index >= 15 is 0 Å². The van der Waals surface area contributed by atoms with Crippen LogP contribution in [0.4, 0.5) is 0 Å². The summed E-state index contributed by atoms with van der Waals surface area (Å²) in [5.74, 6) is 0.687. The average molecular weight is 294 g/mol. The number of carbonyl (C=O) groups excluding carboxylic acids is 1. The van der Waals surface area contributed by atoms with Gasteiger partial charge in [-0.25, -0.2) is 0 Å². The number of hydrogen-bond acceptors (Lipinski definition) is 6. The minimum atomic E-state index is -0.730. The Balaban J connectivity index is 1.85. The Morgan fingerprint density at radius 1 is 1.29 bits per heavy atom. The van der Waals surface area contributed by atoms with Gasteiger partial charge in [0.15, 0.2) is 0 Å². The summed E-state index contributed by atoms with van der Waals surface area (Å²) in [5.41, 5.74) is -1.23. The molecule has 1 saturated carbocycles. The highest BCUT2D eigenvalue weighted by atomic mass is 16.5. The summed E-state index contributed by atoms with van der Waals surface area (Å²) in [5, 5.41) is 4.08. The molecule has 2 fully saturated rings. The maximum absolute atomic E-state index is 12.2. The van der Waals surface area contributed by atoms with Gasteiger partial charge in [0.25, 0.3) is 0 Å². The lowest BCUT2D eigenvalue weighted by Gasteiger charge is -2.35. The van der Waals surface area contributed by atoms with Crippen molar-refractivity contribution >= 4 is 5.97 Å². The first kappa shape index (κ1) is 14.5. The molecule has 1 saturated heterocycles. The molecule has 1 aliphatic heterocycles. The van der Waals surface area contributed by atoms with Crippen LogP contribution in [0, 0.1) is 0 Å². The molecule has 0 N–H and O–H groups in total. The molecule has 1 unspecified atom stereocenters. The van der Waals surface area contributed by atoms with E-state index in [0.29, 0.717) is 37.8 Å². The lowest BCUT2D eigenvalue weighted by atomic mass is 9.68. The summed E-state index contributed by atoms with van der Waals surface area (Å²) >= 11 is 0. The van der Waals surface area contributed by atoms with E-state index < -0.39 is 11.0 Å². The Labute approximate surface area is 124 Å². The van der Waals surface area contributed by atoms with Crippen molar-refractivity contribution in [2.75, 3.05) is 13.2 Å². The molecule has 0 amide bonds. The summed E-state index contributed by atoms with van der Waals surface area (Å²) in [6.45, 7) is 4.87. The van der Waals surface area contributed by atoms with Crippen LogP contribution >= 0.6 is 0 Å². The third kappa shape index (κ3) is 2.35. The molecule has 21 heavy (non-hydrogen) atoms. The predicted octanol–water partition coefficient (Wildman–Crippen LogP) is 2.47. The van der Waals surface area contributed by atoms with Gasteiger partial charge in [-0.3, -0.25) is 4.79 Å². The van der Waals surface area contributed by atoms with Crippen molar-refractivity contribution in [1.82, 2.24) is 10.1 Å². The highest BCUT2D eigenvalue weighted by Gasteiger charge is 2.52. The van der Waals surface area contributed by atoms with E-state index in [1.54, 1.807) is 6.92 Å². The summed E-state index contributed by atoms with van der Waals surface area (Å²) in [6.07, 6.45) is 5.43. The maximum atomic E-state index is 12.2. The fraction of sp³-hybridized carbons (Fsp3) is 0.800. The summed E-state index contributed by atoms with van der Waals surface area (Å²) in [4.78, 5) is 16.7. The van der Waals surface area contributed by atoms with Crippen molar-refractivity contribution in [2.24, 2.45) is 0 Å². The second-order valence-electron chi connectivity index (χ2n) is 6.12. The Morgan fingerprint density at radius 2 is 2.10 bits per heavy atom. The van der Waals surface area contributed by atoms with Gasteiger partial charge in [0.1, 0.15) is 11.0 Å². The highest BCUT2D eigenvalue weighted by Crippen LogP contribution is 2.45. The summed E-state index contributed by atoms with van der Waals surface area (Å²) < 4.78 is 16.4. The van der Waals surface area contributed by atoms with E-state index in [4.69, 9.17) is 14.0 Å². The van der Waals surface area contributed by atoms with Gasteiger partial charge in [-0.2, -0.15) is 4.98 Å². The minimum Gasteiger partial charge on any atom is -0.465 e. The van der Waals surface area contributed by atoms with Gasteiger partial charge in [0.05, 0.1) is 6.61 Å². The Morgan fingerprint density at radius 3 is 2.67 bits per heavy atom. The number of carbonyl (C=O) groups is 1. The zero-order valence-electron chi connectivity index (χ0n) is 12.7. The number of ether oxygens (including phenoxy) is 2. The topological polar surface area (TPSA) is 74.5 Å². The van der Waals surface area contributed by atoms with Crippen LogP contribution in [0.15, 0.2) is 4.52 Å². The molecular formula is C15H22N2O4. The van der Waals surface area contributed by atoms with Gasteiger partial charge in [-0.1, -0.05) is 11.6 Å². The van der Waals surface area contributed by atoms with Crippen molar-refractivity contribution < 1.29 is 18.8 Å². The average Bonchev–Trinajstić information content (AvgIpc) is 2.89. The molecule has 6 heteroatoms. The van der Waals surface area contributed by atoms with Crippen molar-refractivity contribution in [1.29, 1.82) is 0 Å². The molecule has 1 atom stereocenters. The van der Waals surface area contributed by atoms with Crippen molar-refractivity contribution in [3.8, 4) is 0 Å². The molecule has 6 nitrogen and oxygen atoms in total. The normalized spacial score (nSPS) is 27.9. The predicted molar refractivity (Wildman–Crippen MR) is 73.6 cm³/mol. The third-order valence-corrected chi connectivity index (χ3v) is 4.65. The van der Waals surface area contributed by atoms with Crippen LogP contribution in [0.3, 0.4) is 0 Å². The quantitative estimate of drug-likeness (QED) is 0.794. The molecule has 0 aromatic carbocycles. The smallest absolute Gasteiger partial charge is 0.321 e. The Hall–Kier alpha value is -1.43. The zero-order valence-corrected chi connectivity index (χ0v) is 12.7. The van der Waals surface area contributed by atoms with Crippen molar-refractivity contribution in [3.05, 3.63) is 11.7 Å². The first-order chi connectivity index (χ1) is 10.1. The molecule has 1 aromatic heterocycles. The molecule has 3 rings (SSSR count). The van der Waals surface area contributed by atoms with E-state index in [9.17, 15) is 4.79 Å². The molecule has 1 aromatic rings. The number of rotatable bonds is 4. The van der Waals surface area contributed by atoms with Crippen LogP contribution in [-0.4, -0.2) is 29.3 Å². The van der Waals surface area contributed by atoms with E-state index in [1.165, 1.54) is 0 Å². The number of hydrogen-bond donors (Lipinski definition) is 0. The molecule has 0 spiro atoms. The Bertz CT molecular complexity index is 515. The van der Waals surface area contributed by atoms with E-state index in [0.717, 1.165) is 25.7 Å². The summed E-state index contributed by atoms with van der Waals surface area (Å²) in [6, 6.07) is 0. The van der Waals surface area contributed by atoms with Crippen LogP contribution in [0.25, 0.3) is 0 Å². The molecule has 0 bridgehead atoms. The van der Waals surface area contributed by atoms with Gasteiger partial charge in [0.2, 0.25) is 11.7 Å². The van der Waals surface area contributed by atoms with Crippen LogP contribution in [0.5, 0.6) is 0 Å². The summed E-state index contributed by atoms with van der Waals surface area (Å²) in [7, 11) is 0. The van der Waals surface area contributed by atoms with Gasteiger partial charge in [0, 0.05) is 6.61 Å². The maximum Gasteiger partial charge on any atom is 0.321 e. The lowest BCUT2D eigenvalue weighted by molar-refractivity contribution is -0.155. The van der Waals surface area contributed by atoms with Crippen LogP contribution < -0.4 is 0 Å². The standard InChI is InChI=1S/C15H22N2O4/c1-3-19-13(18)15(8-6-9-15)12-16-11(17-21-12)14(2)7-4-5-10-20-14/h3-10H2,1-2H3. The van der Waals surface area contributed by atoms with Crippen molar-refractivity contribution in [3.63, 3.8) is 0 Å². The number of esters is 1. The van der Waals surface area contributed by atoms with Gasteiger partial charge in [-0.05, 0) is 46.0 Å².